The second kappa shape index (κ2) is 10.1. The van der Waals surface area contributed by atoms with Crippen LogP contribution in [0.25, 0.3) is 10.2 Å². The van der Waals surface area contributed by atoms with Gasteiger partial charge in [0.15, 0.2) is 5.75 Å². The minimum Gasteiger partial charge on any atom is -0.431 e. The summed E-state index contributed by atoms with van der Waals surface area (Å²) in [4.78, 5) is 24.5. The van der Waals surface area contributed by atoms with Gasteiger partial charge in [0, 0.05) is 38.9 Å². The molecule has 2 aliphatic heterocycles. The van der Waals surface area contributed by atoms with Crippen LogP contribution in [0.4, 0.5) is 18.0 Å². The summed E-state index contributed by atoms with van der Waals surface area (Å²) >= 11 is 1.52. The maximum Gasteiger partial charge on any atom is 0.418 e. The van der Waals surface area contributed by atoms with E-state index in [0.29, 0.717) is 24.5 Å². The summed E-state index contributed by atoms with van der Waals surface area (Å²) in [5.74, 6) is 0.545. The minimum absolute atomic E-state index is 0.143. The molecule has 0 bridgehead atoms. The molecule has 2 aromatic carbocycles. The van der Waals surface area contributed by atoms with E-state index in [2.05, 4.69) is 20.9 Å². The Labute approximate surface area is 226 Å². The van der Waals surface area contributed by atoms with Crippen LogP contribution in [0, 0.1) is 5.41 Å². The van der Waals surface area contributed by atoms with Crippen molar-refractivity contribution in [3.8, 4) is 16.7 Å². The van der Waals surface area contributed by atoms with Crippen molar-refractivity contribution in [3.63, 3.8) is 0 Å². The van der Waals surface area contributed by atoms with Gasteiger partial charge in [-0.3, -0.25) is 9.88 Å². The number of amides is 1. The van der Waals surface area contributed by atoms with Gasteiger partial charge in [0.2, 0.25) is 0 Å². The average molecular weight is 555 g/mol. The fraction of sp³-hybridized carbons (Fsp3) is 0.321. The fourth-order valence-corrected chi connectivity index (χ4v) is 6.09. The number of fused-ring (bicyclic) bond motifs is 1. The molecule has 0 saturated carbocycles. The van der Waals surface area contributed by atoms with Crippen LogP contribution in [0.2, 0.25) is 0 Å². The van der Waals surface area contributed by atoms with Crippen molar-refractivity contribution in [1.82, 2.24) is 19.8 Å². The maximum absolute atomic E-state index is 12.9. The first-order chi connectivity index (χ1) is 18.7. The zero-order valence-electron chi connectivity index (χ0n) is 20.9. The number of alkyl halides is 3. The number of carbonyl (C=O) groups is 1. The molecule has 39 heavy (non-hydrogen) atoms. The Balaban J connectivity index is 0.989. The number of aromatic nitrogens is 2. The van der Waals surface area contributed by atoms with E-state index in [1.54, 1.807) is 4.90 Å². The molecule has 6 rings (SSSR count). The number of hydrogen-bond acceptors (Lipinski definition) is 7. The van der Waals surface area contributed by atoms with Gasteiger partial charge in [0.25, 0.3) is 5.19 Å². The predicted molar refractivity (Wildman–Crippen MR) is 140 cm³/mol. The van der Waals surface area contributed by atoms with Gasteiger partial charge in [-0.25, -0.2) is 9.78 Å². The van der Waals surface area contributed by atoms with E-state index in [1.807, 2.05) is 42.5 Å². The summed E-state index contributed by atoms with van der Waals surface area (Å²) in [6, 6.07) is 16.8. The van der Waals surface area contributed by atoms with E-state index in [0.717, 1.165) is 66.3 Å². The van der Waals surface area contributed by atoms with E-state index in [1.165, 1.54) is 11.3 Å². The lowest BCUT2D eigenvalue weighted by Crippen LogP contribution is -2.60. The van der Waals surface area contributed by atoms with Crippen molar-refractivity contribution in [3.05, 3.63) is 78.1 Å². The third-order valence-electron chi connectivity index (χ3n) is 7.23. The highest BCUT2D eigenvalue weighted by Crippen LogP contribution is 2.41. The van der Waals surface area contributed by atoms with Crippen LogP contribution >= 0.6 is 11.3 Å². The van der Waals surface area contributed by atoms with Gasteiger partial charge in [0.05, 0.1) is 22.0 Å². The summed E-state index contributed by atoms with van der Waals surface area (Å²) in [6.07, 6.45) is -1.74. The zero-order valence-corrected chi connectivity index (χ0v) is 21.7. The monoisotopic (exact) mass is 554 g/mol. The third-order valence-corrected chi connectivity index (χ3v) is 8.14. The highest BCUT2D eigenvalue weighted by Gasteiger charge is 2.45. The normalized spacial score (nSPS) is 17.3. The summed E-state index contributed by atoms with van der Waals surface area (Å²) in [5.41, 5.74) is 1.27. The van der Waals surface area contributed by atoms with E-state index < -0.39 is 17.8 Å². The Morgan fingerprint density at radius 1 is 1.00 bits per heavy atom. The summed E-state index contributed by atoms with van der Waals surface area (Å²) in [6.45, 7) is 3.66. The van der Waals surface area contributed by atoms with Gasteiger partial charge in [-0.05, 0) is 54.2 Å². The van der Waals surface area contributed by atoms with Crippen LogP contribution in [-0.4, -0.2) is 52.0 Å². The molecular weight excluding hydrogens is 529 g/mol. The van der Waals surface area contributed by atoms with E-state index in [4.69, 9.17) is 9.47 Å². The second-order valence-corrected chi connectivity index (χ2v) is 11.1. The molecule has 0 aliphatic carbocycles. The van der Waals surface area contributed by atoms with Gasteiger partial charge < -0.3 is 14.4 Å². The molecule has 11 heteroatoms. The number of nitrogens with zero attached hydrogens (tertiary/aromatic N) is 4. The molecule has 4 heterocycles. The first-order valence-corrected chi connectivity index (χ1v) is 13.4. The zero-order chi connectivity index (χ0) is 27.0. The average Bonchev–Trinajstić information content (AvgIpc) is 3.30. The van der Waals surface area contributed by atoms with Crippen LogP contribution in [-0.2, 0) is 12.7 Å². The molecule has 2 aliphatic rings. The third kappa shape index (κ3) is 5.69. The number of likely N-dealkylation sites (tertiary alicyclic amines) is 2. The number of hydrogen-bond donors (Lipinski definition) is 0. The molecule has 1 spiro atoms. The number of halogens is 3. The first kappa shape index (κ1) is 25.6. The molecule has 4 aromatic rings. The Kier molecular flexibility index (Phi) is 6.64. The standard InChI is InChI=1S/C28H25F3N4O3S/c29-28(30,31)20-13-22(15-32-14-20)38-26(36)35-10-8-27(9-11-35)17-34(18-27)16-19-4-3-5-21(12-19)37-25-33-23-6-1-2-7-24(23)39-25/h1-7,12-15H,8-11,16-18H2. The predicted octanol–water partition coefficient (Wildman–Crippen LogP) is 6.60. The molecule has 0 atom stereocenters. The molecule has 2 saturated heterocycles. The molecule has 7 nitrogen and oxygen atoms in total. The van der Waals surface area contributed by atoms with Crippen molar-refractivity contribution < 1.29 is 27.4 Å². The lowest BCUT2D eigenvalue weighted by Gasteiger charge is -2.54. The Morgan fingerprint density at radius 2 is 1.79 bits per heavy atom. The molecule has 0 unspecified atom stereocenters. The number of ether oxygens (including phenoxy) is 2. The van der Waals surface area contributed by atoms with E-state index in [9.17, 15) is 18.0 Å². The van der Waals surface area contributed by atoms with Gasteiger partial charge in [-0.2, -0.15) is 13.2 Å². The van der Waals surface area contributed by atoms with Crippen LogP contribution < -0.4 is 9.47 Å². The van der Waals surface area contributed by atoms with Gasteiger partial charge >= 0.3 is 12.3 Å². The number of para-hydroxylation sites is 1. The lowest BCUT2D eigenvalue weighted by atomic mass is 9.72. The highest BCUT2D eigenvalue weighted by atomic mass is 32.1. The maximum atomic E-state index is 12.9. The number of carbonyl (C=O) groups excluding carboxylic acids is 1. The van der Waals surface area contributed by atoms with Crippen molar-refractivity contribution in [2.45, 2.75) is 25.6 Å². The van der Waals surface area contributed by atoms with Crippen LogP contribution in [0.15, 0.2) is 67.0 Å². The van der Waals surface area contributed by atoms with Crippen LogP contribution in [0.3, 0.4) is 0 Å². The van der Waals surface area contributed by atoms with Crippen molar-refractivity contribution in [2.75, 3.05) is 26.2 Å². The molecule has 1 amide bonds. The van der Waals surface area contributed by atoms with Gasteiger partial charge in [-0.1, -0.05) is 35.6 Å². The smallest absolute Gasteiger partial charge is 0.418 e. The number of piperidine rings is 1. The molecule has 2 fully saturated rings. The van der Waals surface area contributed by atoms with E-state index >= 15 is 0 Å². The second-order valence-electron chi connectivity index (χ2n) is 10.1. The molecule has 2 aromatic heterocycles. The molecule has 202 valence electrons. The largest absolute Gasteiger partial charge is 0.431 e. The number of thiazole rings is 1. The number of benzene rings is 2. The molecular formula is C28H25F3N4O3S. The Bertz CT molecular complexity index is 1460. The highest BCUT2D eigenvalue weighted by molar-refractivity contribution is 7.20. The van der Waals surface area contributed by atoms with Crippen LogP contribution in [0.1, 0.15) is 24.0 Å². The fourth-order valence-electron chi connectivity index (χ4n) is 5.25. The Morgan fingerprint density at radius 3 is 2.56 bits per heavy atom. The van der Waals surface area contributed by atoms with Gasteiger partial charge in [0.1, 0.15) is 5.75 Å². The lowest BCUT2D eigenvalue weighted by molar-refractivity contribution is -0.137. The first-order valence-electron chi connectivity index (χ1n) is 12.6. The topological polar surface area (TPSA) is 67.8 Å². The van der Waals surface area contributed by atoms with Crippen molar-refractivity contribution in [1.29, 1.82) is 0 Å². The van der Waals surface area contributed by atoms with Crippen molar-refractivity contribution >= 4 is 27.6 Å². The van der Waals surface area contributed by atoms with Crippen LogP contribution in [0.5, 0.6) is 16.7 Å². The summed E-state index contributed by atoms with van der Waals surface area (Å²) in [7, 11) is 0. The SMILES string of the molecule is O=C(Oc1cncc(C(F)(F)F)c1)N1CCC2(CC1)CN(Cc1cccc(Oc3nc4ccccc4s3)c1)C2. The van der Waals surface area contributed by atoms with Gasteiger partial charge in [-0.15, -0.1) is 0 Å². The quantitative estimate of drug-likeness (QED) is 0.277. The number of pyridine rings is 1. The molecule has 0 radical (unpaired) electrons. The molecule has 0 N–H and O–H groups in total. The minimum atomic E-state index is -4.55. The number of rotatable bonds is 5. The summed E-state index contributed by atoms with van der Waals surface area (Å²) < 4.78 is 51.0. The summed E-state index contributed by atoms with van der Waals surface area (Å²) in [5, 5.41) is 0.617. The van der Waals surface area contributed by atoms with E-state index in [-0.39, 0.29) is 11.2 Å². The Hall–Kier alpha value is -3.70. The van der Waals surface area contributed by atoms with Crippen molar-refractivity contribution in [2.24, 2.45) is 5.41 Å².